The Hall–Kier alpha value is -0.790. The normalized spacial score (nSPS) is 12.4. The first kappa shape index (κ1) is 14.6. The van der Waals surface area contributed by atoms with E-state index in [4.69, 9.17) is 11.6 Å². The molecule has 0 aliphatic heterocycles. The Balaban J connectivity index is 2.05. The minimum Gasteiger partial charge on any atom is -0.0843 e. The molecule has 0 spiro atoms. The number of halogens is 2. The van der Waals surface area contributed by atoms with E-state index in [-0.39, 0.29) is 0 Å². The average molecular weight is 338 g/mol. The van der Waals surface area contributed by atoms with Crippen LogP contribution < -0.4 is 0 Å². The highest BCUT2D eigenvalue weighted by Crippen LogP contribution is 2.28. The van der Waals surface area contributed by atoms with Crippen LogP contribution in [0, 0.1) is 0 Å². The van der Waals surface area contributed by atoms with Gasteiger partial charge in [0, 0.05) is 9.85 Å². The van der Waals surface area contributed by atoms with Gasteiger partial charge in [-0.2, -0.15) is 0 Å². The predicted molar refractivity (Wildman–Crippen MR) is 87.3 cm³/mol. The van der Waals surface area contributed by atoms with Crippen LogP contribution in [0.15, 0.2) is 48.5 Å². The molecule has 0 fully saturated rings. The summed E-state index contributed by atoms with van der Waals surface area (Å²) in [7, 11) is 0. The van der Waals surface area contributed by atoms with Crippen molar-refractivity contribution in [3.05, 3.63) is 70.2 Å². The maximum absolute atomic E-state index is 6.01. The Labute approximate surface area is 128 Å². The van der Waals surface area contributed by atoms with E-state index in [9.17, 15) is 0 Å². The van der Waals surface area contributed by atoms with Gasteiger partial charge in [0.1, 0.15) is 0 Å². The molecule has 100 valence electrons. The number of hydrogen-bond acceptors (Lipinski definition) is 0. The van der Waals surface area contributed by atoms with Crippen molar-refractivity contribution in [3.63, 3.8) is 0 Å². The first-order valence-electron chi connectivity index (χ1n) is 6.66. The Morgan fingerprint density at radius 3 is 2.42 bits per heavy atom. The summed E-state index contributed by atoms with van der Waals surface area (Å²) in [5.41, 5.74) is 3.99. The fourth-order valence-corrected chi connectivity index (χ4v) is 3.06. The Morgan fingerprint density at radius 2 is 1.79 bits per heavy atom. The van der Waals surface area contributed by atoms with E-state index in [2.05, 4.69) is 53.2 Å². The second-order valence-corrected chi connectivity index (χ2v) is 6.33. The molecule has 2 aromatic rings. The molecule has 0 nitrogen and oxygen atoms in total. The molecule has 1 unspecified atom stereocenters. The largest absolute Gasteiger partial charge is 0.0843 e. The number of benzene rings is 2. The van der Waals surface area contributed by atoms with Crippen LogP contribution in [0.4, 0.5) is 0 Å². The lowest BCUT2D eigenvalue weighted by atomic mass is 10.0. The lowest BCUT2D eigenvalue weighted by molar-refractivity contribution is 0.912. The van der Waals surface area contributed by atoms with E-state index in [0.29, 0.717) is 4.83 Å². The van der Waals surface area contributed by atoms with Crippen molar-refractivity contribution in [1.29, 1.82) is 0 Å². The van der Waals surface area contributed by atoms with Gasteiger partial charge in [-0.1, -0.05) is 77.3 Å². The summed E-state index contributed by atoms with van der Waals surface area (Å²) in [6, 6.07) is 16.9. The Bertz CT molecular complexity index is 519. The van der Waals surface area contributed by atoms with E-state index in [1.165, 1.54) is 23.1 Å². The topological polar surface area (TPSA) is 0 Å². The van der Waals surface area contributed by atoms with Crippen LogP contribution in [0.2, 0.25) is 5.02 Å². The smallest absolute Gasteiger partial charge is 0.0435 e. The second-order valence-electron chi connectivity index (χ2n) is 4.79. The lowest BCUT2D eigenvalue weighted by Crippen LogP contribution is -1.96. The molecule has 0 radical (unpaired) electrons. The zero-order chi connectivity index (χ0) is 13.7. The molecule has 0 N–H and O–H groups in total. The summed E-state index contributed by atoms with van der Waals surface area (Å²) in [6.07, 6.45) is 3.30. The highest BCUT2D eigenvalue weighted by atomic mass is 79.9. The van der Waals surface area contributed by atoms with Crippen molar-refractivity contribution in [3.8, 4) is 0 Å². The molecule has 0 saturated heterocycles. The summed E-state index contributed by atoms with van der Waals surface area (Å²) in [5, 5.41) is 0.801. The van der Waals surface area contributed by atoms with Gasteiger partial charge in [0.2, 0.25) is 0 Å². The van der Waals surface area contributed by atoms with Crippen molar-refractivity contribution < 1.29 is 0 Å². The van der Waals surface area contributed by atoms with Crippen LogP contribution in [-0.4, -0.2) is 0 Å². The molecule has 0 saturated carbocycles. The van der Waals surface area contributed by atoms with Crippen LogP contribution in [0.25, 0.3) is 0 Å². The molecule has 2 heteroatoms. The molecular weight excluding hydrogens is 320 g/mol. The molecule has 0 aliphatic rings. The van der Waals surface area contributed by atoms with Crippen LogP contribution in [0.3, 0.4) is 0 Å². The first-order chi connectivity index (χ1) is 9.19. The molecule has 2 rings (SSSR count). The maximum Gasteiger partial charge on any atom is 0.0435 e. The van der Waals surface area contributed by atoms with E-state index >= 15 is 0 Å². The van der Waals surface area contributed by atoms with Crippen LogP contribution in [0.5, 0.6) is 0 Å². The summed E-state index contributed by atoms with van der Waals surface area (Å²) in [5.74, 6) is 0. The van der Waals surface area contributed by atoms with Gasteiger partial charge in [0.15, 0.2) is 0 Å². The third kappa shape index (κ3) is 4.36. The standard InChI is InChI=1S/C17H18BrCl/c1-2-4-13-7-9-15(10-8-13)17(18)12-14-5-3-6-16(19)11-14/h3,5-11,17H,2,4,12H2,1H3. The summed E-state index contributed by atoms with van der Waals surface area (Å²) < 4.78 is 0. The zero-order valence-corrected chi connectivity index (χ0v) is 13.4. The Kier molecular flexibility index (Phi) is 5.47. The lowest BCUT2D eigenvalue weighted by Gasteiger charge is -2.11. The fourth-order valence-electron chi connectivity index (χ4n) is 2.17. The molecule has 0 heterocycles. The average Bonchev–Trinajstić information content (AvgIpc) is 2.40. The zero-order valence-electron chi connectivity index (χ0n) is 11.1. The first-order valence-corrected chi connectivity index (χ1v) is 7.95. The van der Waals surface area contributed by atoms with Gasteiger partial charge >= 0.3 is 0 Å². The van der Waals surface area contributed by atoms with Crippen LogP contribution in [0.1, 0.15) is 34.9 Å². The van der Waals surface area contributed by atoms with Crippen LogP contribution in [-0.2, 0) is 12.8 Å². The molecule has 0 bridgehead atoms. The third-order valence-electron chi connectivity index (χ3n) is 3.18. The van der Waals surface area contributed by atoms with Crippen molar-refractivity contribution in [2.45, 2.75) is 31.0 Å². The Morgan fingerprint density at radius 1 is 1.05 bits per heavy atom. The van der Waals surface area contributed by atoms with Gasteiger partial charge in [-0.25, -0.2) is 0 Å². The number of alkyl halides is 1. The number of hydrogen-bond donors (Lipinski definition) is 0. The van der Waals surface area contributed by atoms with Gasteiger partial charge in [-0.05, 0) is 41.7 Å². The van der Waals surface area contributed by atoms with Crippen molar-refractivity contribution >= 4 is 27.5 Å². The van der Waals surface area contributed by atoms with Crippen molar-refractivity contribution in [2.24, 2.45) is 0 Å². The minimum atomic E-state index is 0.335. The van der Waals surface area contributed by atoms with E-state index in [1.807, 2.05) is 18.2 Å². The highest BCUT2D eigenvalue weighted by Gasteiger charge is 2.08. The molecule has 1 atom stereocenters. The molecule has 0 aliphatic carbocycles. The monoisotopic (exact) mass is 336 g/mol. The van der Waals surface area contributed by atoms with E-state index in [0.717, 1.165) is 17.9 Å². The van der Waals surface area contributed by atoms with E-state index < -0.39 is 0 Å². The molecule has 0 aromatic heterocycles. The molecular formula is C17H18BrCl. The summed E-state index contributed by atoms with van der Waals surface area (Å²) >= 11 is 9.78. The van der Waals surface area contributed by atoms with Crippen molar-refractivity contribution in [1.82, 2.24) is 0 Å². The summed E-state index contributed by atoms with van der Waals surface area (Å²) in [6.45, 7) is 2.21. The minimum absolute atomic E-state index is 0.335. The molecule has 19 heavy (non-hydrogen) atoms. The second kappa shape index (κ2) is 7.12. The SMILES string of the molecule is CCCc1ccc(C(Br)Cc2cccc(Cl)c2)cc1. The number of rotatable bonds is 5. The number of aryl methyl sites for hydroxylation is 1. The van der Waals surface area contributed by atoms with Crippen LogP contribution >= 0.6 is 27.5 Å². The quantitative estimate of drug-likeness (QED) is 0.589. The maximum atomic E-state index is 6.01. The van der Waals surface area contributed by atoms with E-state index in [1.54, 1.807) is 0 Å². The third-order valence-corrected chi connectivity index (χ3v) is 4.27. The van der Waals surface area contributed by atoms with Gasteiger partial charge in [-0.3, -0.25) is 0 Å². The summed E-state index contributed by atoms with van der Waals surface area (Å²) in [4.78, 5) is 0.335. The van der Waals surface area contributed by atoms with Gasteiger partial charge in [0.25, 0.3) is 0 Å². The van der Waals surface area contributed by atoms with Gasteiger partial charge in [0.05, 0.1) is 0 Å². The molecule has 0 amide bonds. The molecule has 2 aromatic carbocycles. The van der Waals surface area contributed by atoms with Crippen molar-refractivity contribution in [2.75, 3.05) is 0 Å². The fraction of sp³-hybridized carbons (Fsp3) is 0.294. The highest BCUT2D eigenvalue weighted by molar-refractivity contribution is 9.09. The van der Waals surface area contributed by atoms with Gasteiger partial charge < -0.3 is 0 Å². The predicted octanol–water partition coefficient (Wildman–Crippen LogP) is 5.97. The van der Waals surface area contributed by atoms with Gasteiger partial charge in [-0.15, -0.1) is 0 Å².